The van der Waals surface area contributed by atoms with Crippen LogP contribution in [-0.2, 0) is 6.42 Å². The largest absolute Gasteiger partial charge is 0.322 e. The first-order valence-electron chi connectivity index (χ1n) is 10.3. The van der Waals surface area contributed by atoms with Crippen LogP contribution in [0.15, 0.2) is 77.6 Å². The fourth-order valence-electron chi connectivity index (χ4n) is 3.94. The Morgan fingerprint density at radius 2 is 1.66 bits per heavy atom. The normalized spacial score (nSPS) is 11.7. The van der Waals surface area contributed by atoms with E-state index in [0.29, 0.717) is 45.9 Å². The molecule has 6 heteroatoms. The number of hydrogen-bond acceptors (Lipinski definition) is 4. The van der Waals surface area contributed by atoms with Gasteiger partial charge in [-0.3, -0.25) is 14.4 Å². The van der Waals surface area contributed by atoms with E-state index < -0.39 is 0 Å². The van der Waals surface area contributed by atoms with Crippen LogP contribution in [0.3, 0.4) is 0 Å². The molecular weight excluding hydrogens is 402 g/mol. The zero-order chi connectivity index (χ0) is 22.2. The molecule has 0 radical (unpaired) electrons. The van der Waals surface area contributed by atoms with Crippen molar-refractivity contribution in [2.24, 2.45) is 0 Å². The Labute approximate surface area is 184 Å². The molecule has 1 aliphatic carbocycles. The van der Waals surface area contributed by atoms with E-state index in [0.717, 1.165) is 11.1 Å². The number of carbonyl (C=O) groups is 2. The molecule has 156 valence electrons. The first-order valence-corrected chi connectivity index (χ1v) is 10.3. The van der Waals surface area contributed by atoms with Crippen LogP contribution >= 0.6 is 0 Å². The molecular formula is C26H19N3O3. The lowest BCUT2D eigenvalue weighted by molar-refractivity contribution is 0.102. The molecule has 1 aliphatic rings. The van der Waals surface area contributed by atoms with Crippen LogP contribution in [0.25, 0.3) is 22.5 Å². The molecule has 0 aliphatic heterocycles. The molecule has 0 saturated heterocycles. The number of anilines is 1. The second kappa shape index (κ2) is 7.74. The molecule has 4 aromatic rings. The van der Waals surface area contributed by atoms with Crippen LogP contribution in [0.5, 0.6) is 0 Å². The Balaban J connectivity index is 1.42. The second-order valence-electron chi connectivity index (χ2n) is 7.61. The van der Waals surface area contributed by atoms with E-state index in [-0.39, 0.29) is 17.2 Å². The van der Waals surface area contributed by atoms with Crippen LogP contribution in [0, 0.1) is 0 Å². The summed E-state index contributed by atoms with van der Waals surface area (Å²) in [6.45, 7) is 1.93. The molecule has 0 unspecified atom stereocenters. The number of ketones is 1. The Morgan fingerprint density at radius 3 is 2.47 bits per heavy atom. The van der Waals surface area contributed by atoms with Crippen LogP contribution < -0.4 is 10.9 Å². The topological polar surface area (TPSA) is 91.9 Å². The van der Waals surface area contributed by atoms with Gasteiger partial charge in [-0.1, -0.05) is 49.4 Å². The third-order valence-corrected chi connectivity index (χ3v) is 5.54. The number of nitrogens with zero attached hydrogens (tertiary/aromatic N) is 1. The Bertz CT molecular complexity index is 1450. The van der Waals surface area contributed by atoms with Gasteiger partial charge in [-0.25, -0.2) is 4.98 Å². The molecule has 2 N–H and O–H groups in total. The maximum absolute atomic E-state index is 12.9. The van der Waals surface area contributed by atoms with E-state index in [4.69, 9.17) is 0 Å². The van der Waals surface area contributed by atoms with E-state index in [1.54, 1.807) is 36.4 Å². The molecule has 3 aromatic carbocycles. The van der Waals surface area contributed by atoms with Crippen molar-refractivity contribution in [3.8, 4) is 22.5 Å². The number of fused-ring (bicyclic) bond motifs is 3. The summed E-state index contributed by atoms with van der Waals surface area (Å²) in [5, 5.41) is 2.87. The van der Waals surface area contributed by atoms with Crippen molar-refractivity contribution in [1.82, 2.24) is 9.97 Å². The molecule has 1 heterocycles. The third-order valence-electron chi connectivity index (χ3n) is 5.54. The number of aromatic amines is 1. The summed E-state index contributed by atoms with van der Waals surface area (Å²) in [7, 11) is 0. The highest BCUT2D eigenvalue weighted by Gasteiger charge is 2.27. The minimum Gasteiger partial charge on any atom is -0.322 e. The van der Waals surface area contributed by atoms with Crippen molar-refractivity contribution in [1.29, 1.82) is 0 Å². The lowest BCUT2D eigenvalue weighted by Crippen LogP contribution is -2.13. The molecule has 1 aromatic heterocycles. The van der Waals surface area contributed by atoms with E-state index in [1.165, 1.54) is 6.07 Å². The monoisotopic (exact) mass is 421 g/mol. The number of H-pyrrole nitrogens is 1. The van der Waals surface area contributed by atoms with Crippen LogP contribution in [-0.4, -0.2) is 21.7 Å². The van der Waals surface area contributed by atoms with Gasteiger partial charge in [-0.05, 0) is 41.8 Å². The van der Waals surface area contributed by atoms with Gasteiger partial charge in [0.05, 0.1) is 0 Å². The summed E-state index contributed by atoms with van der Waals surface area (Å²) in [6.07, 6.45) is 0.647. The van der Waals surface area contributed by atoms with Crippen molar-refractivity contribution in [3.63, 3.8) is 0 Å². The van der Waals surface area contributed by atoms with Gasteiger partial charge >= 0.3 is 0 Å². The highest BCUT2D eigenvalue weighted by atomic mass is 16.2. The molecule has 1 amide bonds. The number of aromatic nitrogens is 2. The summed E-state index contributed by atoms with van der Waals surface area (Å²) in [5.41, 5.74) is 5.05. The van der Waals surface area contributed by atoms with Crippen molar-refractivity contribution in [2.45, 2.75) is 13.3 Å². The predicted molar refractivity (Wildman–Crippen MR) is 123 cm³/mol. The maximum atomic E-state index is 12.9. The smallest absolute Gasteiger partial charge is 0.255 e. The molecule has 32 heavy (non-hydrogen) atoms. The molecule has 0 spiro atoms. The Kier molecular flexibility index (Phi) is 4.75. The molecule has 0 atom stereocenters. The van der Waals surface area contributed by atoms with Crippen molar-refractivity contribution >= 4 is 17.4 Å². The highest BCUT2D eigenvalue weighted by Crippen LogP contribution is 2.36. The van der Waals surface area contributed by atoms with Gasteiger partial charge in [0.25, 0.3) is 11.5 Å². The fourth-order valence-corrected chi connectivity index (χ4v) is 3.94. The molecule has 5 rings (SSSR count). The highest BCUT2D eigenvalue weighted by molar-refractivity contribution is 6.22. The summed E-state index contributed by atoms with van der Waals surface area (Å²) in [4.78, 5) is 44.7. The number of benzene rings is 3. The first kappa shape index (κ1) is 19.6. The summed E-state index contributed by atoms with van der Waals surface area (Å²) < 4.78 is 0. The minimum absolute atomic E-state index is 0.0712. The quantitative estimate of drug-likeness (QED) is 0.448. The van der Waals surface area contributed by atoms with Crippen molar-refractivity contribution < 1.29 is 9.59 Å². The average molecular weight is 421 g/mol. The van der Waals surface area contributed by atoms with Crippen LogP contribution in [0.4, 0.5) is 5.69 Å². The average Bonchev–Trinajstić information content (AvgIpc) is 3.10. The van der Waals surface area contributed by atoms with Gasteiger partial charge < -0.3 is 10.3 Å². The van der Waals surface area contributed by atoms with Gasteiger partial charge in [0.2, 0.25) is 0 Å². The fraction of sp³-hybridized carbons (Fsp3) is 0.0769. The summed E-state index contributed by atoms with van der Waals surface area (Å²) in [6, 6.07) is 21.2. The lowest BCUT2D eigenvalue weighted by Gasteiger charge is -2.09. The van der Waals surface area contributed by atoms with E-state index in [1.807, 2.05) is 37.3 Å². The number of rotatable bonds is 4. The zero-order valence-corrected chi connectivity index (χ0v) is 17.3. The van der Waals surface area contributed by atoms with Gasteiger partial charge in [0.15, 0.2) is 5.78 Å². The number of amides is 1. The van der Waals surface area contributed by atoms with Crippen LogP contribution in [0.1, 0.15) is 38.9 Å². The zero-order valence-electron chi connectivity index (χ0n) is 17.3. The van der Waals surface area contributed by atoms with Crippen LogP contribution in [0.2, 0.25) is 0 Å². The molecule has 0 fully saturated rings. The van der Waals surface area contributed by atoms with Gasteiger partial charge in [0, 0.05) is 39.7 Å². The van der Waals surface area contributed by atoms with E-state index in [2.05, 4.69) is 15.3 Å². The minimum atomic E-state index is -0.322. The SMILES string of the molecule is CCc1cc(=O)[nH]c(-c2cccc(NC(=O)c3ccc4c(c3)C(=O)c3ccccc3-4)c2)n1. The van der Waals surface area contributed by atoms with Crippen molar-refractivity contribution in [3.05, 3.63) is 106 Å². The van der Waals surface area contributed by atoms with Crippen molar-refractivity contribution in [2.75, 3.05) is 5.32 Å². The first-order chi connectivity index (χ1) is 15.5. The number of hydrogen-bond donors (Lipinski definition) is 2. The van der Waals surface area contributed by atoms with E-state index >= 15 is 0 Å². The van der Waals surface area contributed by atoms with Gasteiger partial charge in [-0.15, -0.1) is 0 Å². The molecule has 0 saturated carbocycles. The molecule has 6 nitrogen and oxygen atoms in total. The number of aryl methyl sites for hydroxylation is 1. The summed E-state index contributed by atoms with van der Waals surface area (Å²) in [5.74, 6) is 0.0573. The third kappa shape index (κ3) is 3.41. The number of carbonyl (C=O) groups excluding carboxylic acids is 2. The Hall–Kier alpha value is -4.32. The second-order valence-corrected chi connectivity index (χ2v) is 7.61. The molecule has 0 bridgehead atoms. The maximum Gasteiger partial charge on any atom is 0.255 e. The number of nitrogens with one attached hydrogen (secondary N) is 2. The predicted octanol–water partition coefficient (Wildman–Crippen LogP) is 4.46. The standard InChI is InChI=1S/C26H19N3O3/c1-2-17-14-23(30)29-25(27-17)15-6-5-7-18(12-15)28-26(32)16-10-11-20-19-8-3-4-9-21(19)24(31)22(20)13-16/h3-14H,2H2,1H3,(H,28,32)(H,27,29,30). The van der Waals surface area contributed by atoms with E-state index in [9.17, 15) is 14.4 Å². The Morgan fingerprint density at radius 1 is 0.875 bits per heavy atom. The van der Waals surface area contributed by atoms with Gasteiger partial charge in [-0.2, -0.15) is 0 Å². The van der Waals surface area contributed by atoms with Gasteiger partial charge in [0.1, 0.15) is 5.82 Å². The summed E-state index contributed by atoms with van der Waals surface area (Å²) >= 11 is 0. The lowest BCUT2D eigenvalue weighted by atomic mass is 10.0.